The van der Waals surface area contributed by atoms with E-state index in [0.29, 0.717) is 31.7 Å². The maximum atomic E-state index is 13.9. The van der Waals surface area contributed by atoms with Gasteiger partial charge in [-0.1, -0.05) is 26.0 Å². The molecule has 1 aromatic heterocycles. The first kappa shape index (κ1) is 25.1. The van der Waals surface area contributed by atoms with E-state index in [-0.39, 0.29) is 23.7 Å². The van der Waals surface area contributed by atoms with Crippen molar-refractivity contribution < 1.29 is 19.4 Å². The minimum absolute atomic E-state index is 0.148. The molecule has 5 rings (SSSR count). The van der Waals surface area contributed by atoms with Gasteiger partial charge in [-0.2, -0.15) is 0 Å². The molecule has 8 nitrogen and oxygen atoms in total. The normalized spacial score (nSPS) is 21.2. The van der Waals surface area contributed by atoms with Crippen LogP contribution in [0.5, 0.6) is 11.5 Å². The number of imide groups is 1. The van der Waals surface area contributed by atoms with Gasteiger partial charge in [-0.15, -0.1) is 0 Å². The van der Waals surface area contributed by atoms with Gasteiger partial charge in [0.1, 0.15) is 17.0 Å². The highest BCUT2D eigenvalue weighted by molar-refractivity contribution is 6.08. The van der Waals surface area contributed by atoms with Crippen molar-refractivity contribution in [3.05, 3.63) is 59.3 Å². The number of carbonyl (C=O) groups excluding carboxylic acids is 2. The van der Waals surface area contributed by atoms with Gasteiger partial charge in [0.05, 0.1) is 13.2 Å². The van der Waals surface area contributed by atoms with Gasteiger partial charge in [-0.25, -0.2) is 4.79 Å². The van der Waals surface area contributed by atoms with Gasteiger partial charge in [-0.05, 0) is 80.2 Å². The van der Waals surface area contributed by atoms with E-state index in [2.05, 4.69) is 24.1 Å². The van der Waals surface area contributed by atoms with Gasteiger partial charge in [0.2, 0.25) is 0 Å². The van der Waals surface area contributed by atoms with E-state index >= 15 is 0 Å². The molecule has 0 aliphatic carbocycles. The summed E-state index contributed by atoms with van der Waals surface area (Å²) in [4.78, 5) is 34.5. The Kier molecular flexibility index (Phi) is 6.62. The highest BCUT2D eigenvalue weighted by Gasteiger charge is 2.59. The van der Waals surface area contributed by atoms with Crippen LogP contribution in [-0.2, 0) is 17.6 Å². The molecule has 2 atom stereocenters. The molecule has 3 amide bonds. The molecule has 3 aromatic rings. The Morgan fingerprint density at radius 2 is 2.03 bits per heavy atom. The van der Waals surface area contributed by atoms with Crippen molar-refractivity contribution in [2.24, 2.45) is 5.92 Å². The lowest BCUT2D eigenvalue weighted by atomic mass is 9.81. The number of nitrogens with zero attached hydrogens (tertiary/aromatic N) is 2. The highest BCUT2D eigenvalue weighted by Crippen LogP contribution is 2.47. The van der Waals surface area contributed by atoms with Crippen molar-refractivity contribution in [2.45, 2.75) is 51.6 Å². The van der Waals surface area contributed by atoms with Crippen molar-refractivity contribution in [3.8, 4) is 11.5 Å². The summed E-state index contributed by atoms with van der Waals surface area (Å²) < 4.78 is 5.48. The second kappa shape index (κ2) is 9.74. The monoisotopic (exact) mass is 504 g/mol. The van der Waals surface area contributed by atoms with Crippen LogP contribution in [0.1, 0.15) is 50.1 Å². The molecule has 1 unspecified atom stereocenters. The number of rotatable bonds is 9. The van der Waals surface area contributed by atoms with Gasteiger partial charge < -0.3 is 25.0 Å². The predicted octanol–water partition coefficient (Wildman–Crippen LogP) is 4.38. The first-order valence-corrected chi connectivity index (χ1v) is 13.1. The number of hydrogen-bond donors (Lipinski definition) is 3. The van der Waals surface area contributed by atoms with E-state index in [9.17, 15) is 14.7 Å². The summed E-state index contributed by atoms with van der Waals surface area (Å²) >= 11 is 0. The number of phenolic OH excluding ortho intramolecular Hbond substituents is 1. The van der Waals surface area contributed by atoms with Gasteiger partial charge in [0.15, 0.2) is 0 Å². The van der Waals surface area contributed by atoms with Crippen molar-refractivity contribution in [2.75, 3.05) is 26.7 Å². The fourth-order valence-corrected chi connectivity index (χ4v) is 5.83. The minimum atomic E-state index is -0.991. The van der Waals surface area contributed by atoms with Crippen molar-refractivity contribution in [3.63, 3.8) is 0 Å². The highest BCUT2D eigenvalue weighted by atomic mass is 16.5. The molecule has 0 saturated carbocycles. The van der Waals surface area contributed by atoms with Crippen LogP contribution in [0.25, 0.3) is 10.9 Å². The van der Waals surface area contributed by atoms with E-state index in [1.807, 2.05) is 31.2 Å². The van der Waals surface area contributed by atoms with Crippen LogP contribution >= 0.6 is 0 Å². The van der Waals surface area contributed by atoms with Crippen LogP contribution in [-0.4, -0.2) is 64.1 Å². The average Bonchev–Trinajstić information content (AvgIpc) is 3.31. The number of fused-ring (bicyclic) bond motifs is 4. The topological polar surface area (TPSA) is 97.9 Å². The lowest BCUT2D eigenvalue weighted by Crippen LogP contribution is -2.53. The second-order valence-corrected chi connectivity index (χ2v) is 10.8. The van der Waals surface area contributed by atoms with Crippen molar-refractivity contribution in [1.29, 1.82) is 0 Å². The fourth-order valence-electron chi connectivity index (χ4n) is 5.83. The molecule has 3 heterocycles. The number of amides is 3. The van der Waals surface area contributed by atoms with Crippen molar-refractivity contribution >= 4 is 22.8 Å². The molecule has 196 valence electrons. The van der Waals surface area contributed by atoms with E-state index in [1.54, 1.807) is 30.2 Å². The summed E-state index contributed by atoms with van der Waals surface area (Å²) in [5.74, 6) is 1.32. The number of aromatic amines is 1. The number of carbonyl (C=O) groups is 2. The van der Waals surface area contributed by atoms with Crippen LogP contribution in [0.3, 0.4) is 0 Å². The summed E-state index contributed by atoms with van der Waals surface area (Å²) in [5, 5.41) is 14.5. The number of aromatic nitrogens is 1. The number of phenols is 1. The Morgan fingerprint density at radius 1 is 1.22 bits per heavy atom. The third-order valence-corrected chi connectivity index (χ3v) is 7.61. The molecule has 2 aliphatic heterocycles. The number of methoxy groups -OCH3 is 1. The molecule has 0 bridgehead atoms. The number of urea groups is 1. The first-order chi connectivity index (χ1) is 17.7. The van der Waals surface area contributed by atoms with E-state index in [1.165, 1.54) is 4.90 Å². The second-order valence-electron chi connectivity index (χ2n) is 10.8. The molecule has 0 spiro atoms. The molecule has 2 aromatic carbocycles. The molecule has 1 saturated heterocycles. The smallest absolute Gasteiger partial charge is 0.328 e. The van der Waals surface area contributed by atoms with Crippen LogP contribution < -0.4 is 10.1 Å². The first-order valence-electron chi connectivity index (χ1n) is 13.1. The number of benzene rings is 2. The maximum absolute atomic E-state index is 13.9. The number of aromatic hydroxyl groups is 1. The van der Waals surface area contributed by atoms with Gasteiger partial charge >= 0.3 is 6.03 Å². The van der Waals surface area contributed by atoms with Crippen molar-refractivity contribution in [1.82, 2.24) is 20.1 Å². The van der Waals surface area contributed by atoms with E-state index in [0.717, 1.165) is 46.6 Å². The Bertz CT molecular complexity index is 1330. The van der Waals surface area contributed by atoms with Crippen LogP contribution in [0, 0.1) is 5.92 Å². The predicted molar refractivity (Wildman–Crippen MR) is 143 cm³/mol. The Hall–Kier alpha value is -3.52. The van der Waals surface area contributed by atoms with Gasteiger partial charge in [0, 0.05) is 29.6 Å². The number of hydrogen-bond acceptors (Lipinski definition) is 5. The SMILES string of the molecule is COc1ccc2[nH]c3c(c2c1)C[C@@]1(C)C(=O)N(CCCNCC(C)C)C(=O)N1C3Cc1cccc(O)c1. The quantitative estimate of drug-likeness (QED) is 0.297. The molecular formula is C29H36N4O4. The molecular weight excluding hydrogens is 468 g/mol. The maximum Gasteiger partial charge on any atom is 0.328 e. The lowest BCUT2D eigenvalue weighted by molar-refractivity contribution is -0.133. The molecule has 3 N–H and O–H groups in total. The zero-order valence-corrected chi connectivity index (χ0v) is 22.0. The Labute approximate surface area is 217 Å². The summed E-state index contributed by atoms with van der Waals surface area (Å²) in [5.41, 5.74) is 2.83. The summed E-state index contributed by atoms with van der Waals surface area (Å²) in [6, 6.07) is 12.3. The third kappa shape index (κ3) is 4.44. The number of nitrogens with one attached hydrogen (secondary N) is 2. The molecule has 37 heavy (non-hydrogen) atoms. The Morgan fingerprint density at radius 3 is 2.76 bits per heavy atom. The number of H-pyrrole nitrogens is 1. The zero-order chi connectivity index (χ0) is 26.3. The molecule has 2 aliphatic rings. The summed E-state index contributed by atoms with van der Waals surface area (Å²) in [6.45, 7) is 8.24. The zero-order valence-electron chi connectivity index (χ0n) is 22.0. The van der Waals surface area contributed by atoms with Crippen LogP contribution in [0.15, 0.2) is 42.5 Å². The fraction of sp³-hybridized carbons (Fsp3) is 0.448. The van der Waals surface area contributed by atoms with E-state index in [4.69, 9.17) is 4.74 Å². The molecule has 0 radical (unpaired) electrons. The largest absolute Gasteiger partial charge is 0.508 e. The van der Waals surface area contributed by atoms with Crippen LogP contribution in [0.4, 0.5) is 4.79 Å². The standard InChI is InChI=1S/C29H36N4O4/c1-18(2)17-30-11-6-12-32-27(35)29(3)16-23-22-15-21(37-4)9-10-24(22)31-26(23)25(33(29)28(32)36)14-19-7-5-8-20(34)13-19/h5,7-10,13,15,18,25,30-31,34H,6,11-12,14,16-17H2,1-4H3/t25?,29-/m0/s1. The van der Waals surface area contributed by atoms with Crippen LogP contribution in [0.2, 0.25) is 0 Å². The average molecular weight is 505 g/mol. The molecule has 8 heteroatoms. The summed E-state index contributed by atoms with van der Waals surface area (Å²) in [7, 11) is 1.64. The lowest BCUT2D eigenvalue weighted by Gasteiger charge is -2.42. The number of ether oxygens (including phenoxy) is 1. The van der Waals surface area contributed by atoms with E-state index < -0.39 is 5.54 Å². The molecule has 1 fully saturated rings. The third-order valence-electron chi connectivity index (χ3n) is 7.61. The minimum Gasteiger partial charge on any atom is -0.508 e. The Balaban J connectivity index is 1.52. The summed E-state index contributed by atoms with van der Waals surface area (Å²) in [6.07, 6.45) is 1.61. The van der Waals surface area contributed by atoms with Gasteiger partial charge in [0.25, 0.3) is 5.91 Å². The van der Waals surface area contributed by atoms with Gasteiger partial charge in [-0.3, -0.25) is 9.69 Å².